The summed E-state index contributed by atoms with van der Waals surface area (Å²) in [6.45, 7) is 1.90. The summed E-state index contributed by atoms with van der Waals surface area (Å²) >= 11 is 0. The average molecular weight is 292 g/mol. The molecule has 2 aromatic heterocycles. The van der Waals surface area contributed by atoms with Crippen LogP contribution in [0, 0.1) is 0 Å². The van der Waals surface area contributed by atoms with Crippen LogP contribution in [0.15, 0.2) is 54.9 Å². The molecule has 1 amide bonds. The van der Waals surface area contributed by atoms with Crippen LogP contribution in [-0.2, 0) is 4.79 Å². The van der Waals surface area contributed by atoms with Gasteiger partial charge in [0.2, 0.25) is 5.91 Å². The maximum absolute atomic E-state index is 12.0. The van der Waals surface area contributed by atoms with Crippen molar-refractivity contribution in [3.63, 3.8) is 0 Å². The summed E-state index contributed by atoms with van der Waals surface area (Å²) in [5, 5.41) is 2.89. The number of rotatable bonds is 4. The van der Waals surface area contributed by atoms with Gasteiger partial charge in [0.15, 0.2) is 0 Å². The molecule has 110 valence electrons. The van der Waals surface area contributed by atoms with E-state index in [0.717, 1.165) is 22.4 Å². The second-order valence-corrected chi connectivity index (χ2v) is 4.99. The second-order valence-electron chi connectivity index (χ2n) is 4.99. The topological polar surface area (TPSA) is 70.7 Å². The van der Waals surface area contributed by atoms with Crippen LogP contribution in [0.5, 0.6) is 0 Å². The third-order valence-corrected chi connectivity index (χ3v) is 3.29. The van der Waals surface area contributed by atoms with Crippen LogP contribution in [0.1, 0.15) is 24.4 Å². The molecule has 22 heavy (non-hydrogen) atoms. The summed E-state index contributed by atoms with van der Waals surface area (Å²) in [4.78, 5) is 23.6. The van der Waals surface area contributed by atoms with E-state index in [1.165, 1.54) is 6.08 Å². The molecule has 2 N–H and O–H groups in total. The van der Waals surface area contributed by atoms with E-state index >= 15 is 0 Å². The molecule has 0 aliphatic heterocycles. The van der Waals surface area contributed by atoms with Crippen molar-refractivity contribution in [2.75, 3.05) is 0 Å². The second kappa shape index (κ2) is 6.22. The number of fused-ring (bicyclic) bond motifs is 1. The maximum Gasteiger partial charge on any atom is 0.244 e. The Labute approximate surface area is 128 Å². The molecule has 3 rings (SSSR count). The Morgan fingerprint density at radius 2 is 2.14 bits per heavy atom. The number of H-pyrrole nitrogens is 1. The van der Waals surface area contributed by atoms with Crippen molar-refractivity contribution in [3.05, 3.63) is 66.3 Å². The predicted molar refractivity (Wildman–Crippen MR) is 85.9 cm³/mol. The van der Waals surface area contributed by atoms with E-state index in [1.54, 1.807) is 18.5 Å². The SMILES string of the molecule is CC(NC(=O)/C=C/c1cccnc1)c1nc2ccccc2[nH]1. The van der Waals surface area contributed by atoms with Gasteiger partial charge in [-0.25, -0.2) is 4.98 Å². The Hall–Kier alpha value is -2.95. The first-order valence-electron chi connectivity index (χ1n) is 7.05. The first kappa shape index (κ1) is 14.0. The van der Waals surface area contributed by atoms with E-state index in [2.05, 4.69) is 20.3 Å². The molecule has 1 atom stereocenters. The number of benzene rings is 1. The van der Waals surface area contributed by atoms with Gasteiger partial charge in [0, 0.05) is 18.5 Å². The van der Waals surface area contributed by atoms with Gasteiger partial charge in [-0.1, -0.05) is 18.2 Å². The lowest BCUT2D eigenvalue weighted by atomic mass is 10.2. The number of hydrogen-bond donors (Lipinski definition) is 2. The zero-order valence-electron chi connectivity index (χ0n) is 12.2. The normalized spacial score (nSPS) is 12.6. The van der Waals surface area contributed by atoms with Crippen LogP contribution in [0.25, 0.3) is 17.1 Å². The number of amides is 1. The highest BCUT2D eigenvalue weighted by Gasteiger charge is 2.11. The number of aromatic nitrogens is 3. The summed E-state index contributed by atoms with van der Waals surface area (Å²) in [6.07, 6.45) is 6.62. The highest BCUT2D eigenvalue weighted by atomic mass is 16.1. The van der Waals surface area contributed by atoms with E-state index in [0.29, 0.717) is 0 Å². The van der Waals surface area contributed by atoms with Gasteiger partial charge in [0.05, 0.1) is 17.1 Å². The van der Waals surface area contributed by atoms with Gasteiger partial charge >= 0.3 is 0 Å². The Morgan fingerprint density at radius 3 is 2.91 bits per heavy atom. The van der Waals surface area contributed by atoms with E-state index in [4.69, 9.17) is 0 Å². The number of nitrogens with zero attached hydrogens (tertiary/aromatic N) is 2. The van der Waals surface area contributed by atoms with E-state index in [9.17, 15) is 4.79 Å². The van der Waals surface area contributed by atoms with Crippen LogP contribution >= 0.6 is 0 Å². The third-order valence-electron chi connectivity index (χ3n) is 3.29. The number of nitrogens with one attached hydrogen (secondary N) is 2. The first-order chi connectivity index (χ1) is 10.7. The van der Waals surface area contributed by atoms with E-state index in [-0.39, 0.29) is 11.9 Å². The summed E-state index contributed by atoms with van der Waals surface area (Å²) in [5.74, 6) is 0.570. The lowest BCUT2D eigenvalue weighted by molar-refractivity contribution is -0.117. The zero-order valence-corrected chi connectivity index (χ0v) is 12.2. The molecule has 0 aliphatic carbocycles. The Balaban J connectivity index is 1.67. The molecule has 0 aliphatic rings. The quantitative estimate of drug-likeness (QED) is 0.726. The zero-order chi connectivity index (χ0) is 15.4. The highest BCUT2D eigenvalue weighted by molar-refractivity contribution is 5.91. The fourth-order valence-electron chi connectivity index (χ4n) is 2.15. The molecular weight excluding hydrogens is 276 g/mol. The number of para-hydroxylation sites is 2. The van der Waals surface area contributed by atoms with E-state index < -0.39 is 0 Å². The third kappa shape index (κ3) is 3.20. The minimum Gasteiger partial charge on any atom is -0.343 e. The molecule has 3 aromatic rings. The van der Waals surface area contributed by atoms with Crippen molar-refractivity contribution >= 4 is 23.0 Å². The van der Waals surface area contributed by atoms with Gasteiger partial charge in [0.25, 0.3) is 0 Å². The fraction of sp³-hybridized carbons (Fsp3) is 0.118. The lowest BCUT2D eigenvalue weighted by Crippen LogP contribution is -2.25. The molecule has 0 fully saturated rings. The number of carbonyl (C=O) groups excluding carboxylic acids is 1. The van der Waals surface area contributed by atoms with Crippen molar-refractivity contribution in [1.29, 1.82) is 0 Å². The van der Waals surface area contributed by atoms with Crippen LogP contribution in [0.3, 0.4) is 0 Å². The lowest BCUT2D eigenvalue weighted by Gasteiger charge is -2.09. The fourth-order valence-corrected chi connectivity index (χ4v) is 2.15. The van der Waals surface area contributed by atoms with Crippen molar-refractivity contribution in [2.24, 2.45) is 0 Å². The number of aromatic amines is 1. The molecule has 0 bridgehead atoms. The molecular formula is C17H16N4O. The Morgan fingerprint density at radius 1 is 1.27 bits per heavy atom. The van der Waals surface area contributed by atoms with Crippen LogP contribution in [0.4, 0.5) is 0 Å². The van der Waals surface area contributed by atoms with Gasteiger partial charge in [-0.05, 0) is 36.8 Å². The maximum atomic E-state index is 12.0. The number of pyridine rings is 1. The molecule has 0 spiro atoms. The summed E-state index contributed by atoms with van der Waals surface area (Å²) in [6, 6.07) is 11.3. The standard InChI is InChI=1S/C17H16N4O/c1-12(17-20-14-6-2-3-7-15(14)21-17)19-16(22)9-8-13-5-4-10-18-11-13/h2-12H,1H3,(H,19,22)(H,20,21)/b9-8+. The van der Waals surface area contributed by atoms with Gasteiger partial charge in [-0.2, -0.15) is 0 Å². The van der Waals surface area contributed by atoms with E-state index in [1.807, 2.05) is 43.3 Å². The molecule has 0 saturated carbocycles. The molecule has 2 heterocycles. The largest absolute Gasteiger partial charge is 0.343 e. The summed E-state index contributed by atoms with van der Waals surface area (Å²) < 4.78 is 0. The van der Waals surface area contributed by atoms with Crippen LogP contribution in [-0.4, -0.2) is 20.9 Å². The summed E-state index contributed by atoms with van der Waals surface area (Å²) in [7, 11) is 0. The monoisotopic (exact) mass is 292 g/mol. The minimum atomic E-state index is -0.196. The first-order valence-corrected chi connectivity index (χ1v) is 7.05. The Kier molecular flexibility index (Phi) is 3.96. The number of imidazole rings is 1. The van der Waals surface area contributed by atoms with Crippen molar-refractivity contribution in [1.82, 2.24) is 20.3 Å². The molecule has 1 unspecified atom stereocenters. The molecule has 1 aromatic carbocycles. The molecule has 0 radical (unpaired) electrons. The highest BCUT2D eigenvalue weighted by Crippen LogP contribution is 2.15. The van der Waals surface area contributed by atoms with Gasteiger partial charge < -0.3 is 10.3 Å². The average Bonchev–Trinajstić information content (AvgIpc) is 2.98. The van der Waals surface area contributed by atoms with Gasteiger partial charge in [-0.3, -0.25) is 9.78 Å². The van der Waals surface area contributed by atoms with Crippen molar-refractivity contribution in [2.45, 2.75) is 13.0 Å². The number of carbonyl (C=O) groups is 1. The smallest absolute Gasteiger partial charge is 0.244 e. The van der Waals surface area contributed by atoms with Gasteiger partial charge in [0.1, 0.15) is 5.82 Å². The van der Waals surface area contributed by atoms with Crippen molar-refractivity contribution in [3.8, 4) is 0 Å². The van der Waals surface area contributed by atoms with Crippen molar-refractivity contribution < 1.29 is 4.79 Å². The Bertz CT molecular complexity index is 775. The number of hydrogen-bond acceptors (Lipinski definition) is 3. The molecule has 5 heteroatoms. The van der Waals surface area contributed by atoms with Gasteiger partial charge in [-0.15, -0.1) is 0 Å². The predicted octanol–water partition coefficient (Wildman–Crippen LogP) is 2.85. The molecule has 5 nitrogen and oxygen atoms in total. The molecule has 0 saturated heterocycles. The van der Waals surface area contributed by atoms with Crippen LogP contribution in [0.2, 0.25) is 0 Å². The summed E-state index contributed by atoms with van der Waals surface area (Å²) in [5.41, 5.74) is 2.74. The minimum absolute atomic E-state index is 0.170. The van der Waals surface area contributed by atoms with Crippen LogP contribution < -0.4 is 5.32 Å².